The summed E-state index contributed by atoms with van der Waals surface area (Å²) in [6, 6.07) is 3.58. The molecule has 2 aromatic rings. The maximum Gasteiger partial charge on any atom is 0.306 e. The first-order chi connectivity index (χ1) is 9.02. The fourth-order valence-electron chi connectivity index (χ4n) is 1.54. The molecule has 6 nitrogen and oxygen atoms in total. The van der Waals surface area contributed by atoms with Gasteiger partial charge in [-0.2, -0.15) is 4.39 Å². The van der Waals surface area contributed by atoms with Crippen LogP contribution in [0.3, 0.4) is 0 Å². The number of hydrogen-bond donors (Lipinski definition) is 0. The van der Waals surface area contributed by atoms with Crippen molar-refractivity contribution < 1.29 is 9.31 Å². The van der Waals surface area contributed by atoms with Crippen LogP contribution in [0.5, 0.6) is 0 Å². The number of aromatic nitrogens is 3. The first-order valence-corrected chi connectivity index (χ1v) is 6.45. The average molecular weight is 329 g/mol. The van der Waals surface area contributed by atoms with Gasteiger partial charge in [-0.15, -0.1) is 5.10 Å². The highest BCUT2D eigenvalue weighted by atomic mass is 79.9. The highest BCUT2D eigenvalue weighted by molar-refractivity contribution is 9.09. The zero-order valence-electron chi connectivity index (χ0n) is 9.96. The van der Waals surface area contributed by atoms with E-state index in [1.807, 2.05) is 6.92 Å². The third kappa shape index (κ3) is 2.78. The van der Waals surface area contributed by atoms with Crippen molar-refractivity contribution in [2.45, 2.75) is 18.2 Å². The van der Waals surface area contributed by atoms with E-state index in [0.29, 0.717) is 5.69 Å². The number of benzene rings is 1. The largest absolute Gasteiger partial charge is 0.306 e. The molecule has 0 saturated carbocycles. The Labute approximate surface area is 116 Å². The predicted molar refractivity (Wildman–Crippen MR) is 69.9 cm³/mol. The smallest absolute Gasteiger partial charge is 0.258 e. The minimum Gasteiger partial charge on any atom is -0.258 e. The monoisotopic (exact) mass is 328 g/mol. The third-order valence-corrected chi connectivity index (χ3v) is 3.70. The molecule has 0 spiro atoms. The summed E-state index contributed by atoms with van der Waals surface area (Å²) in [5.41, 5.74) is 0.526. The van der Waals surface area contributed by atoms with Crippen LogP contribution in [0.2, 0.25) is 0 Å². The minimum absolute atomic E-state index is 0.0664. The van der Waals surface area contributed by atoms with Gasteiger partial charge in [0, 0.05) is 6.07 Å². The molecule has 1 aromatic heterocycles. The zero-order valence-corrected chi connectivity index (χ0v) is 11.5. The van der Waals surface area contributed by atoms with Gasteiger partial charge in [-0.05, 0) is 18.6 Å². The number of halogens is 2. The van der Waals surface area contributed by atoms with E-state index in [1.54, 1.807) is 6.20 Å². The normalized spacial score (nSPS) is 12.4. The fraction of sp³-hybridized carbons (Fsp3) is 0.273. The minimum atomic E-state index is -0.874. The van der Waals surface area contributed by atoms with E-state index in [9.17, 15) is 14.5 Å². The second kappa shape index (κ2) is 5.43. The molecule has 100 valence electrons. The SMILES string of the molecule is CCC(Br)c1cn(-c2ccc(F)c([N+](=O)[O-])c2)nn1. The van der Waals surface area contributed by atoms with Crippen molar-refractivity contribution in [1.29, 1.82) is 0 Å². The molecule has 0 saturated heterocycles. The molecule has 1 unspecified atom stereocenters. The maximum absolute atomic E-state index is 13.2. The van der Waals surface area contributed by atoms with Crippen molar-refractivity contribution in [3.8, 4) is 5.69 Å². The summed E-state index contributed by atoms with van der Waals surface area (Å²) in [6.07, 6.45) is 2.49. The summed E-state index contributed by atoms with van der Waals surface area (Å²) in [4.78, 5) is 9.98. The summed E-state index contributed by atoms with van der Waals surface area (Å²) in [5, 5.41) is 18.5. The van der Waals surface area contributed by atoms with Crippen LogP contribution >= 0.6 is 15.9 Å². The molecule has 0 fully saturated rings. The summed E-state index contributed by atoms with van der Waals surface area (Å²) in [5.74, 6) is -0.874. The molecule has 0 aliphatic carbocycles. The number of nitrogens with zero attached hydrogens (tertiary/aromatic N) is 4. The summed E-state index contributed by atoms with van der Waals surface area (Å²) >= 11 is 3.44. The van der Waals surface area contributed by atoms with Crippen LogP contribution in [0.15, 0.2) is 24.4 Å². The van der Waals surface area contributed by atoms with E-state index in [0.717, 1.165) is 24.2 Å². The Morgan fingerprint density at radius 1 is 1.58 bits per heavy atom. The van der Waals surface area contributed by atoms with Crippen molar-refractivity contribution >= 4 is 21.6 Å². The van der Waals surface area contributed by atoms with Gasteiger partial charge in [0.05, 0.1) is 27.3 Å². The fourth-order valence-corrected chi connectivity index (χ4v) is 1.75. The Balaban J connectivity index is 2.39. The van der Waals surface area contributed by atoms with E-state index < -0.39 is 16.4 Å². The van der Waals surface area contributed by atoms with Gasteiger partial charge in [0.2, 0.25) is 5.82 Å². The molecule has 2 rings (SSSR count). The van der Waals surface area contributed by atoms with Gasteiger partial charge in [0.15, 0.2) is 0 Å². The average Bonchev–Trinajstić information content (AvgIpc) is 2.87. The zero-order chi connectivity index (χ0) is 14.0. The summed E-state index contributed by atoms with van der Waals surface area (Å²) in [6.45, 7) is 1.99. The molecule has 8 heteroatoms. The van der Waals surface area contributed by atoms with Crippen LogP contribution in [-0.2, 0) is 0 Å². The molecule has 1 heterocycles. The lowest BCUT2D eigenvalue weighted by Gasteiger charge is -2.01. The molecule has 0 N–H and O–H groups in total. The van der Waals surface area contributed by atoms with Crippen LogP contribution in [0.1, 0.15) is 23.9 Å². The Kier molecular flexibility index (Phi) is 3.89. The number of nitro groups is 1. The van der Waals surface area contributed by atoms with E-state index in [4.69, 9.17) is 0 Å². The molecular formula is C11H10BrFN4O2. The van der Waals surface area contributed by atoms with Crippen LogP contribution in [0.25, 0.3) is 5.69 Å². The lowest BCUT2D eigenvalue weighted by Crippen LogP contribution is -1.98. The first-order valence-electron chi connectivity index (χ1n) is 5.53. The van der Waals surface area contributed by atoms with E-state index in [-0.39, 0.29) is 4.83 Å². The number of alkyl halides is 1. The number of hydrogen-bond acceptors (Lipinski definition) is 4. The topological polar surface area (TPSA) is 73.8 Å². The van der Waals surface area contributed by atoms with Gasteiger partial charge in [0.1, 0.15) is 0 Å². The van der Waals surface area contributed by atoms with Crippen molar-refractivity contribution in [2.75, 3.05) is 0 Å². The first kappa shape index (κ1) is 13.6. The van der Waals surface area contributed by atoms with Crippen LogP contribution in [0.4, 0.5) is 10.1 Å². The highest BCUT2D eigenvalue weighted by Gasteiger charge is 2.16. The highest BCUT2D eigenvalue weighted by Crippen LogP contribution is 2.25. The van der Waals surface area contributed by atoms with Crippen molar-refractivity contribution in [3.63, 3.8) is 0 Å². The van der Waals surface area contributed by atoms with Crippen LogP contribution in [-0.4, -0.2) is 19.9 Å². The maximum atomic E-state index is 13.2. The number of nitro benzene ring substituents is 1. The quantitative estimate of drug-likeness (QED) is 0.491. The van der Waals surface area contributed by atoms with E-state index in [2.05, 4.69) is 26.2 Å². The van der Waals surface area contributed by atoms with Gasteiger partial charge in [0.25, 0.3) is 0 Å². The van der Waals surface area contributed by atoms with Crippen molar-refractivity contribution in [3.05, 3.63) is 46.0 Å². The molecule has 0 aliphatic rings. The van der Waals surface area contributed by atoms with Gasteiger partial charge in [-0.3, -0.25) is 10.1 Å². The summed E-state index contributed by atoms with van der Waals surface area (Å²) < 4.78 is 14.6. The molecule has 19 heavy (non-hydrogen) atoms. The Hall–Kier alpha value is -1.83. The second-order valence-corrected chi connectivity index (χ2v) is 4.96. The van der Waals surface area contributed by atoms with Crippen LogP contribution in [0, 0.1) is 15.9 Å². The predicted octanol–water partition coefficient (Wildman–Crippen LogP) is 3.16. The molecule has 1 aromatic carbocycles. The molecular weight excluding hydrogens is 319 g/mol. The standard InChI is InChI=1S/C11H10BrFN4O2/c1-2-8(12)10-6-16(15-14-10)7-3-4-9(13)11(5-7)17(18)19/h3-6,8H,2H2,1H3. The van der Waals surface area contributed by atoms with Gasteiger partial charge in [-0.1, -0.05) is 28.1 Å². The summed E-state index contributed by atoms with van der Waals surface area (Å²) in [7, 11) is 0. The second-order valence-electron chi connectivity index (χ2n) is 3.86. The molecule has 0 radical (unpaired) electrons. The molecule has 0 aliphatic heterocycles. The lowest BCUT2D eigenvalue weighted by molar-refractivity contribution is -0.387. The molecule has 1 atom stereocenters. The lowest BCUT2D eigenvalue weighted by atomic mass is 10.2. The van der Waals surface area contributed by atoms with E-state index in [1.165, 1.54) is 10.7 Å². The van der Waals surface area contributed by atoms with E-state index >= 15 is 0 Å². The molecule has 0 amide bonds. The van der Waals surface area contributed by atoms with Crippen molar-refractivity contribution in [2.24, 2.45) is 0 Å². The van der Waals surface area contributed by atoms with Gasteiger partial charge < -0.3 is 0 Å². The van der Waals surface area contributed by atoms with Crippen LogP contribution < -0.4 is 0 Å². The number of rotatable bonds is 4. The third-order valence-electron chi connectivity index (χ3n) is 2.58. The Morgan fingerprint density at radius 3 is 2.95 bits per heavy atom. The van der Waals surface area contributed by atoms with Gasteiger partial charge >= 0.3 is 5.69 Å². The molecule has 0 bridgehead atoms. The Morgan fingerprint density at radius 2 is 2.32 bits per heavy atom. The van der Waals surface area contributed by atoms with Gasteiger partial charge in [-0.25, -0.2) is 4.68 Å². The Bertz CT molecular complexity index is 616. The van der Waals surface area contributed by atoms with Crippen molar-refractivity contribution in [1.82, 2.24) is 15.0 Å².